The Morgan fingerprint density at radius 1 is 1.64 bits per heavy atom. The number of anilines is 1. The maximum atomic E-state index is 8.67. The van der Waals surface area contributed by atoms with Gasteiger partial charge in [0, 0.05) is 0 Å². The van der Waals surface area contributed by atoms with Crippen LogP contribution >= 0.6 is 11.6 Å². The largest absolute Gasteiger partial charge is 0.357 e. The molecule has 4 heteroatoms. The van der Waals surface area contributed by atoms with Crippen LogP contribution < -0.4 is 5.32 Å². The van der Waals surface area contributed by atoms with Crippen molar-refractivity contribution in [2.24, 2.45) is 0 Å². The molecule has 0 radical (unpaired) electrons. The predicted molar refractivity (Wildman–Crippen MR) is 55.9 cm³/mol. The number of nitrogens with one attached hydrogen (secondary N) is 1. The fourth-order valence-corrected chi connectivity index (χ4v) is 1.11. The third-order valence-corrected chi connectivity index (χ3v) is 1.73. The van der Waals surface area contributed by atoms with Gasteiger partial charge in [0.1, 0.15) is 11.0 Å². The smallest absolute Gasteiger partial charge is 0.132 e. The van der Waals surface area contributed by atoms with Gasteiger partial charge in [0.15, 0.2) is 0 Å². The summed E-state index contributed by atoms with van der Waals surface area (Å²) in [5.74, 6) is 3.01. The first-order chi connectivity index (χ1) is 6.65. The zero-order valence-corrected chi connectivity index (χ0v) is 8.34. The quantitative estimate of drug-likeness (QED) is 0.594. The monoisotopic (exact) mass is 205 g/mol. The number of halogens is 1. The third-order valence-electron chi connectivity index (χ3n) is 1.54. The van der Waals surface area contributed by atoms with Crippen LogP contribution in [0.2, 0.25) is 5.15 Å². The minimum Gasteiger partial charge on any atom is -0.357 e. The lowest BCUT2D eigenvalue weighted by atomic mass is 10.3. The number of hydrogen-bond acceptors (Lipinski definition) is 3. The predicted octanol–water partition coefficient (Wildman–Crippen LogP) is 2.04. The Bertz CT molecular complexity index is 414. The number of hydrogen-bond donors (Lipinski definition) is 1. The van der Waals surface area contributed by atoms with Crippen molar-refractivity contribution in [2.45, 2.75) is 13.0 Å². The molecule has 1 atom stereocenters. The highest BCUT2D eigenvalue weighted by Crippen LogP contribution is 2.14. The lowest BCUT2D eigenvalue weighted by molar-refractivity contribution is 1.01. The second-order valence-corrected chi connectivity index (χ2v) is 3.10. The van der Waals surface area contributed by atoms with Crippen LogP contribution in [0.4, 0.5) is 5.82 Å². The van der Waals surface area contributed by atoms with Gasteiger partial charge in [-0.2, -0.15) is 5.26 Å². The Hall–Kier alpha value is -1.71. The van der Waals surface area contributed by atoms with Crippen molar-refractivity contribution in [2.75, 3.05) is 5.32 Å². The lowest BCUT2D eigenvalue weighted by Crippen LogP contribution is -2.13. The Kier molecular flexibility index (Phi) is 3.34. The summed E-state index contributed by atoms with van der Waals surface area (Å²) in [7, 11) is 0. The molecule has 0 amide bonds. The maximum absolute atomic E-state index is 8.67. The zero-order valence-electron chi connectivity index (χ0n) is 7.58. The van der Waals surface area contributed by atoms with E-state index in [9.17, 15) is 0 Å². The van der Waals surface area contributed by atoms with Crippen LogP contribution in [0.15, 0.2) is 12.1 Å². The van der Waals surface area contributed by atoms with Crippen molar-refractivity contribution in [3.63, 3.8) is 0 Å². The van der Waals surface area contributed by atoms with Gasteiger partial charge in [-0.15, -0.1) is 6.42 Å². The molecule has 1 N–H and O–H groups in total. The molecule has 70 valence electrons. The summed E-state index contributed by atoms with van der Waals surface area (Å²) in [6, 6.07) is 4.93. The van der Waals surface area contributed by atoms with Crippen molar-refractivity contribution >= 4 is 17.4 Å². The van der Waals surface area contributed by atoms with Crippen molar-refractivity contribution in [1.29, 1.82) is 5.26 Å². The molecule has 0 fully saturated rings. The minimum atomic E-state index is -0.146. The van der Waals surface area contributed by atoms with Crippen LogP contribution in [-0.2, 0) is 0 Å². The van der Waals surface area contributed by atoms with Gasteiger partial charge in [0.2, 0.25) is 0 Å². The molecule has 1 aromatic heterocycles. The van der Waals surface area contributed by atoms with Gasteiger partial charge in [-0.25, -0.2) is 4.98 Å². The van der Waals surface area contributed by atoms with E-state index < -0.39 is 0 Å². The fraction of sp³-hybridized carbons (Fsp3) is 0.200. The Morgan fingerprint density at radius 2 is 2.36 bits per heavy atom. The SMILES string of the molecule is C#CC(C)Nc1cc(C#N)cc(Cl)n1. The molecule has 14 heavy (non-hydrogen) atoms. The number of nitriles is 1. The first-order valence-electron chi connectivity index (χ1n) is 3.96. The molecule has 1 rings (SSSR count). The van der Waals surface area contributed by atoms with Crippen LogP contribution in [0, 0.1) is 23.7 Å². The van der Waals surface area contributed by atoms with E-state index in [1.165, 1.54) is 6.07 Å². The van der Waals surface area contributed by atoms with Gasteiger partial charge in [-0.05, 0) is 19.1 Å². The summed E-state index contributed by atoms with van der Waals surface area (Å²) in [6.07, 6.45) is 5.19. The lowest BCUT2D eigenvalue weighted by Gasteiger charge is -2.08. The average Bonchev–Trinajstić information content (AvgIpc) is 2.16. The number of pyridine rings is 1. The molecule has 3 nitrogen and oxygen atoms in total. The van der Waals surface area contributed by atoms with E-state index in [0.717, 1.165) is 0 Å². The van der Waals surface area contributed by atoms with Crippen molar-refractivity contribution in [1.82, 2.24) is 4.98 Å². The van der Waals surface area contributed by atoms with Gasteiger partial charge in [0.05, 0.1) is 17.7 Å². The standard InChI is InChI=1S/C10H8ClN3/c1-3-7(2)13-10-5-8(6-12)4-9(11)14-10/h1,4-5,7H,2H3,(H,13,14). The average molecular weight is 206 g/mol. The second-order valence-electron chi connectivity index (χ2n) is 2.71. The zero-order chi connectivity index (χ0) is 10.6. The summed E-state index contributed by atoms with van der Waals surface area (Å²) in [6.45, 7) is 1.81. The van der Waals surface area contributed by atoms with Gasteiger partial charge in [-0.3, -0.25) is 0 Å². The summed E-state index contributed by atoms with van der Waals surface area (Å²) < 4.78 is 0. The highest BCUT2D eigenvalue weighted by molar-refractivity contribution is 6.29. The molecule has 0 spiro atoms. The third kappa shape index (κ3) is 2.65. The van der Waals surface area contributed by atoms with E-state index in [1.807, 2.05) is 13.0 Å². The van der Waals surface area contributed by atoms with E-state index in [-0.39, 0.29) is 11.2 Å². The number of nitrogens with zero attached hydrogens (tertiary/aromatic N) is 2. The van der Waals surface area contributed by atoms with Crippen molar-refractivity contribution < 1.29 is 0 Å². The second kappa shape index (κ2) is 4.50. The highest BCUT2D eigenvalue weighted by Gasteiger charge is 2.02. The molecule has 0 bridgehead atoms. The van der Waals surface area contributed by atoms with E-state index in [1.54, 1.807) is 6.07 Å². The first kappa shape index (κ1) is 10.4. The minimum absolute atomic E-state index is 0.146. The maximum Gasteiger partial charge on any atom is 0.132 e. The number of aromatic nitrogens is 1. The molecule has 0 saturated heterocycles. The van der Waals surface area contributed by atoms with Gasteiger partial charge in [0.25, 0.3) is 0 Å². The number of rotatable bonds is 2. The molecule has 1 unspecified atom stereocenters. The van der Waals surface area contributed by atoms with Crippen LogP contribution in [-0.4, -0.2) is 11.0 Å². The molecular weight excluding hydrogens is 198 g/mol. The summed E-state index contributed by atoms with van der Waals surface area (Å²) in [5.41, 5.74) is 0.455. The molecule has 0 aliphatic heterocycles. The van der Waals surface area contributed by atoms with Crippen LogP contribution in [0.3, 0.4) is 0 Å². The molecule has 0 aliphatic rings. The van der Waals surface area contributed by atoms with Gasteiger partial charge >= 0.3 is 0 Å². The van der Waals surface area contributed by atoms with Crippen molar-refractivity contribution in [3.8, 4) is 18.4 Å². The van der Waals surface area contributed by atoms with Crippen molar-refractivity contribution in [3.05, 3.63) is 22.8 Å². The summed E-state index contributed by atoms with van der Waals surface area (Å²) in [5, 5.41) is 11.9. The molecular formula is C10H8ClN3. The molecule has 1 heterocycles. The fourth-order valence-electron chi connectivity index (χ4n) is 0.899. The van der Waals surface area contributed by atoms with Gasteiger partial charge in [-0.1, -0.05) is 17.5 Å². The Balaban J connectivity index is 2.95. The highest BCUT2D eigenvalue weighted by atomic mass is 35.5. The summed E-state index contributed by atoms with van der Waals surface area (Å²) in [4.78, 5) is 3.98. The normalized spacial score (nSPS) is 11.1. The summed E-state index contributed by atoms with van der Waals surface area (Å²) >= 11 is 5.70. The Labute approximate surface area is 87.7 Å². The van der Waals surface area contributed by atoms with Crippen LogP contribution in [0.25, 0.3) is 0 Å². The molecule has 0 aromatic carbocycles. The number of terminal acetylenes is 1. The first-order valence-corrected chi connectivity index (χ1v) is 4.34. The van der Waals surface area contributed by atoms with E-state index >= 15 is 0 Å². The van der Waals surface area contributed by atoms with Gasteiger partial charge < -0.3 is 5.32 Å². The van der Waals surface area contributed by atoms with Crippen LogP contribution in [0.1, 0.15) is 12.5 Å². The Morgan fingerprint density at radius 3 is 2.93 bits per heavy atom. The molecule has 0 aliphatic carbocycles. The van der Waals surface area contributed by atoms with Crippen LogP contribution in [0.5, 0.6) is 0 Å². The van der Waals surface area contributed by atoms with E-state index in [4.69, 9.17) is 23.3 Å². The molecule has 1 aromatic rings. The van der Waals surface area contributed by atoms with E-state index in [0.29, 0.717) is 11.4 Å². The topological polar surface area (TPSA) is 48.7 Å². The van der Waals surface area contributed by atoms with E-state index in [2.05, 4.69) is 16.2 Å². The molecule has 0 saturated carbocycles.